The molecule has 0 aliphatic rings. The molecule has 1 atom stereocenters. The number of amides is 1. The molecule has 2 N–H and O–H groups in total. The molecule has 0 radical (unpaired) electrons. The lowest BCUT2D eigenvalue weighted by atomic mass is 10.1. The SMILES string of the molecule is CC.CC.CNC(CCC(=O)OC)C(=O)NCC(C)=O.CSC(C)=O. The van der Waals surface area contributed by atoms with Gasteiger partial charge in [-0.15, -0.1) is 0 Å². The van der Waals surface area contributed by atoms with E-state index in [9.17, 15) is 19.2 Å². The van der Waals surface area contributed by atoms with E-state index in [1.807, 2.05) is 27.7 Å². The fraction of sp³-hybridized carbons (Fsp3) is 0.765. The van der Waals surface area contributed by atoms with Crippen molar-refractivity contribution in [3.8, 4) is 0 Å². The predicted octanol–water partition coefficient (Wildman–Crippen LogP) is 2.18. The van der Waals surface area contributed by atoms with Gasteiger partial charge < -0.3 is 15.4 Å². The third-order valence-electron chi connectivity index (χ3n) is 2.33. The lowest BCUT2D eigenvalue weighted by molar-refractivity contribution is -0.141. The second-order valence-corrected chi connectivity index (χ2v) is 5.05. The summed E-state index contributed by atoms with van der Waals surface area (Å²) in [6.07, 6.45) is 2.27. The maximum absolute atomic E-state index is 11.5. The molecule has 8 heteroatoms. The maximum atomic E-state index is 11.5. The minimum absolute atomic E-state index is 0.00916. The van der Waals surface area contributed by atoms with Crippen LogP contribution in [0, 0.1) is 0 Å². The Bertz CT molecular complexity index is 363. The van der Waals surface area contributed by atoms with Gasteiger partial charge in [0.05, 0.1) is 19.7 Å². The Morgan fingerprint density at radius 1 is 1.04 bits per heavy atom. The van der Waals surface area contributed by atoms with Crippen molar-refractivity contribution in [2.75, 3.05) is 27.0 Å². The van der Waals surface area contributed by atoms with Gasteiger partial charge >= 0.3 is 5.97 Å². The summed E-state index contributed by atoms with van der Waals surface area (Å²) in [4.78, 5) is 42.8. The highest BCUT2D eigenvalue weighted by Gasteiger charge is 2.17. The fourth-order valence-corrected chi connectivity index (χ4v) is 1.11. The van der Waals surface area contributed by atoms with E-state index >= 15 is 0 Å². The van der Waals surface area contributed by atoms with Crippen LogP contribution in [0.4, 0.5) is 0 Å². The molecular weight excluding hydrogens is 344 g/mol. The van der Waals surface area contributed by atoms with Crippen molar-refractivity contribution in [1.82, 2.24) is 10.6 Å². The molecule has 7 nitrogen and oxygen atoms in total. The van der Waals surface area contributed by atoms with Crippen LogP contribution in [-0.2, 0) is 23.9 Å². The highest BCUT2D eigenvalue weighted by Crippen LogP contribution is 1.98. The zero-order valence-corrected chi connectivity index (χ0v) is 18.0. The van der Waals surface area contributed by atoms with Crippen molar-refractivity contribution in [2.45, 2.75) is 60.4 Å². The molecule has 0 heterocycles. The number of nitrogens with one attached hydrogen (secondary N) is 2. The summed E-state index contributed by atoms with van der Waals surface area (Å²) < 4.78 is 4.47. The summed E-state index contributed by atoms with van der Waals surface area (Å²) in [6.45, 7) is 10.9. The molecule has 0 aromatic carbocycles. The van der Waals surface area contributed by atoms with Crippen LogP contribution < -0.4 is 10.6 Å². The largest absolute Gasteiger partial charge is 0.469 e. The summed E-state index contributed by atoms with van der Waals surface area (Å²) >= 11 is 1.24. The highest BCUT2D eigenvalue weighted by atomic mass is 32.2. The zero-order chi connectivity index (χ0) is 20.8. The van der Waals surface area contributed by atoms with Crippen LogP contribution in [0.25, 0.3) is 0 Å². The van der Waals surface area contributed by atoms with Crippen LogP contribution in [0.2, 0.25) is 0 Å². The summed E-state index contributed by atoms with van der Waals surface area (Å²) in [6, 6.07) is -0.488. The summed E-state index contributed by atoms with van der Waals surface area (Å²) in [5.41, 5.74) is 0. The maximum Gasteiger partial charge on any atom is 0.305 e. The van der Waals surface area contributed by atoms with Gasteiger partial charge in [-0.1, -0.05) is 39.5 Å². The first-order chi connectivity index (χ1) is 11.8. The van der Waals surface area contributed by atoms with Gasteiger partial charge in [0.25, 0.3) is 0 Å². The first kappa shape index (κ1) is 31.4. The third kappa shape index (κ3) is 27.7. The number of rotatable bonds is 7. The van der Waals surface area contributed by atoms with Crippen LogP contribution in [0.3, 0.4) is 0 Å². The third-order valence-corrected chi connectivity index (χ3v) is 2.90. The molecule has 0 spiro atoms. The molecule has 0 saturated heterocycles. The topological polar surface area (TPSA) is 102 Å². The Kier molecular flexibility index (Phi) is 31.2. The number of ketones is 1. The molecule has 0 fully saturated rings. The Labute approximate surface area is 157 Å². The van der Waals surface area contributed by atoms with Gasteiger partial charge in [-0.2, -0.15) is 0 Å². The van der Waals surface area contributed by atoms with E-state index < -0.39 is 6.04 Å². The summed E-state index contributed by atoms with van der Waals surface area (Å²) in [7, 11) is 2.92. The molecule has 1 amide bonds. The minimum atomic E-state index is -0.488. The average molecular weight is 381 g/mol. The van der Waals surface area contributed by atoms with Crippen molar-refractivity contribution >= 4 is 34.5 Å². The number of Topliss-reactive ketones (excluding diaryl/α,β-unsaturated/α-hetero) is 1. The fourth-order valence-electron chi connectivity index (χ4n) is 1.11. The molecule has 0 aromatic heterocycles. The first-order valence-corrected chi connectivity index (χ1v) is 9.56. The molecule has 0 aromatic rings. The monoisotopic (exact) mass is 380 g/mol. The first-order valence-electron chi connectivity index (χ1n) is 8.34. The number of methoxy groups -OCH3 is 1. The lowest BCUT2D eigenvalue weighted by Gasteiger charge is -2.14. The van der Waals surface area contributed by atoms with Crippen molar-refractivity contribution in [1.29, 1.82) is 0 Å². The molecule has 0 aliphatic carbocycles. The normalized spacial score (nSPS) is 9.48. The quantitative estimate of drug-likeness (QED) is 0.653. The van der Waals surface area contributed by atoms with Gasteiger partial charge in [0.1, 0.15) is 5.78 Å². The van der Waals surface area contributed by atoms with Crippen molar-refractivity contribution in [3.63, 3.8) is 0 Å². The summed E-state index contributed by atoms with van der Waals surface area (Å²) in [5, 5.41) is 5.42. The van der Waals surface area contributed by atoms with Crippen molar-refractivity contribution in [2.24, 2.45) is 0 Å². The number of hydrogen-bond acceptors (Lipinski definition) is 7. The van der Waals surface area contributed by atoms with E-state index in [-0.39, 0.29) is 35.7 Å². The van der Waals surface area contributed by atoms with E-state index in [1.165, 1.54) is 25.8 Å². The van der Waals surface area contributed by atoms with Gasteiger partial charge in [-0.25, -0.2) is 0 Å². The van der Waals surface area contributed by atoms with Crippen molar-refractivity contribution < 1.29 is 23.9 Å². The van der Waals surface area contributed by atoms with E-state index in [4.69, 9.17) is 0 Å². The minimum Gasteiger partial charge on any atom is -0.469 e. The van der Waals surface area contributed by atoms with Crippen LogP contribution >= 0.6 is 11.8 Å². The zero-order valence-electron chi connectivity index (χ0n) is 17.1. The smallest absolute Gasteiger partial charge is 0.305 e. The standard InChI is InChI=1S/C10H18N2O4.C3H6OS.2C2H6/c1-7(13)6-12-10(15)8(11-2)4-5-9(14)16-3;1-3(4)5-2;2*1-2/h8,11H,4-6H2,1-3H3,(H,12,15);1-2H3;2*1-2H3. The van der Waals surface area contributed by atoms with Gasteiger partial charge in [0, 0.05) is 13.3 Å². The number of thioether (sulfide) groups is 1. The molecule has 0 bridgehead atoms. The molecule has 0 saturated carbocycles. The summed E-state index contributed by atoms with van der Waals surface area (Å²) in [5.74, 6) is -0.766. The second-order valence-electron chi connectivity index (χ2n) is 4.07. The average Bonchev–Trinajstić information content (AvgIpc) is 2.63. The number of carbonyl (C=O) groups is 4. The number of ether oxygens (including phenoxy) is 1. The Balaban J connectivity index is -0.000000205. The Morgan fingerprint density at radius 3 is 1.76 bits per heavy atom. The van der Waals surface area contributed by atoms with Gasteiger partial charge in [0.2, 0.25) is 5.91 Å². The van der Waals surface area contributed by atoms with Crippen LogP contribution in [0.5, 0.6) is 0 Å². The van der Waals surface area contributed by atoms with E-state index in [0.29, 0.717) is 6.42 Å². The molecule has 0 aliphatic heterocycles. The second kappa shape index (κ2) is 24.8. The Morgan fingerprint density at radius 2 is 1.48 bits per heavy atom. The van der Waals surface area contributed by atoms with Gasteiger partial charge in [-0.3, -0.25) is 19.2 Å². The predicted molar refractivity (Wildman–Crippen MR) is 105 cm³/mol. The van der Waals surface area contributed by atoms with E-state index in [0.717, 1.165) is 0 Å². The lowest BCUT2D eigenvalue weighted by Crippen LogP contribution is -2.44. The molecule has 150 valence electrons. The molecule has 25 heavy (non-hydrogen) atoms. The van der Waals surface area contributed by atoms with Crippen LogP contribution in [-0.4, -0.2) is 55.8 Å². The number of likely N-dealkylation sites (N-methyl/N-ethyl adjacent to an activating group) is 1. The van der Waals surface area contributed by atoms with E-state index in [2.05, 4.69) is 15.4 Å². The highest BCUT2D eigenvalue weighted by molar-refractivity contribution is 8.12. The molecule has 1 unspecified atom stereocenters. The van der Waals surface area contributed by atoms with Gasteiger partial charge in [-0.05, 0) is 26.6 Å². The number of carbonyl (C=O) groups excluding carboxylic acids is 4. The van der Waals surface area contributed by atoms with Crippen LogP contribution in [0.1, 0.15) is 54.4 Å². The van der Waals surface area contributed by atoms with Gasteiger partial charge in [0.15, 0.2) is 5.12 Å². The van der Waals surface area contributed by atoms with Crippen LogP contribution in [0.15, 0.2) is 0 Å². The van der Waals surface area contributed by atoms with E-state index in [1.54, 1.807) is 20.2 Å². The van der Waals surface area contributed by atoms with Crippen molar-refractivity contribution in [3.05, 3.63) is 0 Å². The molecule has 0 rings (SSSR count). The Hall–Kier alpha value is -1.41. The number of hydrogen-bond donors (Lipinski definition) is 2. The number of esters is 1. The molecular formula is C17H36N2O5S.